The van der Waals surface area contributed by atoms with Gasteiger partial charge in [0.15, 0.2) is 0 Å². The fraction of sp³-hybridized carbons (Fsp3) is 0.618. The van der Waals surface area contributed by atoms with Gasteiger partial charge < -0.3 is 9.68 Å². The molecule has 3 aromatic rings. The molecule has 3 aromatic carbocycles. The van der Waals surface area contributed by atoms with Crippen LogP contribution in [0.2, 0.25) is 10.0 Å². The molecule has 426 valence electrons. The van der Waals surface area contributed by atoms with E-state index in [1.54, 1.807) is 46.5 Å². The van der Waals surface area contributed by atoms with Gasteiger partial charge in [0, 0.05) is 35.1 Å². The Labute approximate surface area is 482 Å². The Balaban J connectivity index is 1.64. The molecule has 2 aliphatic rings. The van der Waals surface area contributed by atoms with Gasteiger partial charge in [-0.3, -0.25) is 0 Å². The molecule has 10 unspecified atom stereocenters. The largest absolute Gasteiger partial charge is 0.363 e. The number of hydrogen-bond donors (Lipinski definition) is 0. The highest BCUT2D eigenvalue weighted by Gasteiger charge is 2.55. The summed E-state index contributed by atoms with van der Waals surface area (Å²) in [6, 6.07) is 22.8. The van der Waals surface area contributed by atoms with E-state index in [4.69, 9.17) is 32.9 Å². The van der Waals surface area contributed by atoms with Crippen LogP contribution in [0.3, 0.4) is 0 Å². The minimum atomic E-state index is -0.651. The average Bonchev–Trinajstić information content (AvgIpc) is 3.61. The van der Waals surface area contributed by atoms with E-state index in [2.05, 4.69) is 107 Å². The molecule has 0 spiro atoms. The van der Waals surface area contributed by atoms with E-state index in [0.717, 1.165) is 151 Å². The van der Waals surface area contributed by atoms with Gasteiger partial charge in [-0.1, -0.05) is 232 Å². The minimum Gasteiger partial charge on any atom is -0.336 e. The van der Waals surface area contributed by atoms with Gasteiger partial charge in [0.1, 0.15) is 12.1 Å². The Morgan fingerprint density at radius 1 is 0.538 bits per heavy atom. The van der Waals surface area contributed by atoms with Crippen molar-refractivity contribution in [3.63, 3.8) is 0 Å². The van der Waals surface area contributed by atoms with Crippen molar-refractivity contribution in [2.45, 2.75) is 235 Å². The molecule has 5 rings (SSSR count). The normalized spacial score (nSPS) is 22.8. The molecule has 0 aromatic heterocycles. The van der Waals surface area contributed by atoms with E-state index < -0.39 is 22.8 Å². The van der Waals surface area contributed by atoms with Crippen LogP contribution in [0.4, 0.5) is 0 Å². The predicted octanol–water partition coefficient (Wildman–Crippen LogP) is 20.1. The fourth-order valence-corrected chi connectivity index (χ4v) is 14.0. The summed E-state index contributed by atoms with van der Waals surface area (Å²) in [5, 5.41) is 25.9. The Bertz CT molecular complexity index is 2410. The molecule has 0 aliphatic carbocycles. The van der Waals surface area contributed by atoms with Gasteiger partial charge in [0.05, 0.1) is 44.4 Å². The molecule has 0 bridgehead atoms. The summed E-state index contributed by atoms with van der Waals surface area (Å²) in [6.45, 7) is 26.9. The predicted molar refractivity (Wildman–Crippen MR) is 322 cm³/mol. The highest BCUT2D eigenvalue weighted by molar-refractivity contribution is 6.32. The number of allylic oxidation sites excluding steroid dienone is 2. The third-order valence-corrected chi connectivity index (χ3v) is 19.7. The third-order valence-electron chi connectivity index (χ3n) is 19.1. The van der Waals surface area contributed by atoms with E-state index in [1.807, 2.05) is 24.5 Å². The SMILES string of the molecule is CCCCCCC(C)C1(C)C(c2cccc(Cl)c2C#N)C(C(CC)CCCCC)=CN(OC(=O)c2ccccc2C(=O)ON2C=C(C(CC)CCCCC)C(c3cccc(Cl)c3C#N)C(C)(C(C)CCCCCC)C2C)C1C. The number of rotatable bonds is 30. The smallest absolute Gasteiger partial charge is 0.336 e. The second-order valence-corrected chi connectivity index (χ2v) is 24.4. The second-order valence-electron chi connectivity index (χ2n) is 23.6. The first-order valence-corrected chi connectivity index (χ1v) is 31.2. The molecular formula is C68H96Cl2N4O4. The Kier molecular flexibility index (Phi) is 25.2. The van der Waals surface area contributed by atoms with Gasteiger partial charge >= 0.3 is 11.9 Å². The lowest BCUT2D eigenvalue weighted by atomic mass is 9.55. The van der Waals surface area contributed by atoms with Crippen molar-refractivity contribution in [1.82, 2.24) is 10.1 Å². The first-order valence-electron chi connectivity index (χ1n) is 30.4. The van der Waals surface area contributed by atoms with Crippen molar-refractivity contribution in [3.05, 3.63) is 128 Å². The number of halogens is 2. The summed E-state index contributed by atoms with van der Waals surface area (Å²) >= 11 is 13.8. The van der Waals surface area contributed by atoms with Crippen LogP contribution in [0.5, 0.6) is 0 Å². The summed E-state index contributed by atoms with van der Waals surface area (Å²) in [5.41, 5.74) is 4.26. The molecule has 0 fully saturated rings. The zero-order valence-corrected chi connectivity index (χ0v) is 51.4. The number of benzene rings is 3. The van der Waals surface area contributed by atoms with Gasteiger partial charge in [0.25, 0.3) is 0 Å². The lowest BCUT2D eigenvalue weighted by Crippen LogP contribution is -2.54. The summed E-state index contributed by atoms with van der Waals surface area (Å²) in [7, 11) is 0. The minimum absolute atomic E-state index is 0.111. The summed E-state index contributed by atoms with van der Waals surface area (Å²) in [6.07, 6.45) is 25.2. The maximum atomic E-state index is 15.1. The maximum absolute atomic E-state index is 15.1. The molecule has 0 N–H and O–H groups in total. The van der Waals surface area contributed by atoms with Gasteiger partial charge in [-0.05, 0) is 110 Å². The van der Waals surface area contributed by atoms with Crippen molar-refractivity contribution in [2.75, 3.05) is 0 Å². The van der Waals surface area contributed by atoms with E-state index in [1.165, 1.54) is 0 Å². The first-order chi connectivity index (χ1) is 37.5. The van der Waals surface area contributed by atoms with E-state index in [0.29, 0.717) is 21.2 Å². The Hall–Kier alpha value is -4.76. The second kappa shape index (κ2) is 30.7. The van der Waals surface area contributed by atoms with E-state index in [9.17, 15) is 10.5 Å². The lowest BCUT2D eigenvalue weighted by Gasteiger charge is -2.55. The highest BCUT2D eigenvalue weighted by atomic mass is 35.5. The van der Waals surface area contributed by atoms with Crippen molar-refractivity contribution >= 4 is 35.1 Å². The molecule has 8 nitrogen and oxygen atoms in total. The number of nitriles is 2. The van der Waals surface area contributed by atoms with Crippen LogP contribution in [0.1, 0.15) is 266 Å². The molecule has 78 heavy (non-hydrogen) atoms. The molecule has 0 saturated carbocycles. The van der Waals surface area contributed by atoms with Crippen LogP contribution >= 0.6 is 23.2 Å². The summed E-state index contributed by atoms with van der Waals surface area (Å²) < 4.78 is 0. The Morgan fingerprint density at radius 2 is 0.885 bits per heavy atom. The van der Waals surface area contributed by atoms with Crippen molar-refractivity contribution in [2.24, 2.45) is 34.5 Å². The quantitative estimate of drug-likeness (QED) is 0.0608. The molecule has 0 amide bonds. The highest BCUT2D eigenvalue weighted by Crippen LogP contribution is 2.59. The zero-order chi connectivity index (χ0) is 57.2. The van der Waals surface area contributed by atoms with Crippen molar-refractivity contribution < 1.29 is 19.3 Å². The topological polar surface area (TPSA) is 107 Å². The number of unbranched alkanes of at least 4 members (excludes halogenated alkanes) is 10. The summed E-state index contributed by atoms with van der Waals surface area (Å²) in [4.78, 5) is 43.6. The van der Waals surface area contributed by atoms with Gasteiger partial charge in [-0.2, -0.15) is 10.5 Å². The first kappa shape index (κ1) is 64.1. The zero-order valence-electron chi connectivity index (χ0n) is 49.9. The van der Waals surface area contributed by atoms with Crippen LogP contribution in [0.25, 0.3) is 0 Å². The van der Waals surface area contributed by atoms with Gasteiger partial charge in [-0.25, -0.2) is 19.7 Å². The maximum Gasteiger partial charge on any atom is 0.363 e. The van der Waals surface area contributed by atoms with Crippen LogP contribution in [-0.4, -0.2) is 34.1 Å². The molecule has 0 saturated heterocycles. The number of nitrogens with zero attached hydrogens (tertiary/aromatic N) is 4. The number of carbonyl (C=O) groups excluding carboxylic acids is 2. The molecule has 10 atom stereocenters. The van der Waals surface area contributed by atoms with Crippen LogP contribution in [-0.2, 0) is 9.68 Å². The van der Waals surface area contributed by atoms with Crippen LogP contribution in [0.15, 0.2) is 84.2 Å². The number of carbonyl (C=O) groups is 2. The summed E-state index contributed by atoms with van der Waals surface area (Å²) in [5.74, 6) is -1.06. The van der Waals surface area contributed by atoms with Gasteiger partial charge in [0.2, 0.25) is 0 Å². The lowest BCUT2D eigenvalue weighted by molar-refractivity contribution is -0.150. The average molecular weight is 1100 g/mol. The number of hydroxylamine groups is 4. The standard InChI is InChI=1S/C68H96Cl2N4O4/c1-13-19-23-27-33-47(7)67(11)49(9)73(45-59(51(17-5)35-25-21-15-3)63(67)53-39-31-41-61(69)57(53)43-71)77-65(75)55-37-29-30-38-56(55)66(76)78-74-46-60(52(18-6)36-26-22-16-4)64(54-40-32-42-62(70)58(54)44-72)68(12,50(74)10)48(8)34-28-24-20-14-2/h29-32,37-42,45-52,63-64H,13-28,33-36H2,1-12H3. The van der Waals surface area contributed by atoms with Gasteiger partial charge in [-0.15, -0.1) is 0 Å². The van der Waals surface area contributed by atoms with Crippen LogP contribution < -0.4 is 0 Å². The molecule has 2 heterocycles. The molecule has 0 radical (unpaired) electrons. The van der Waals surface area contributed by atoms with E-state index >= 15 is 9.59 Å². The van der Waals surface area contributed by atoms with E-state index in [-0.39, 0.29) is 58.7 Å². The Morgan fingerprint density at radius 3 is 1.22 bits per heavy atom. The molecular weight excluding hydrogens is 1010 g/mol. The third kappa shape index (κ3) is 14.4. The van der Waals surface area contributed by atoms with Crippen molar-refractivity contribution in [1.29, 1.82) is 10.5 Å². The van der Waals surface area contributed by atoms with Crippen LogP contribution in [0, 0.1) is 57.2 Å². The molecule has 2 aliphatic heterocycles. The van der Waals surface area contributed by atoms with Crippen molar-refractivity contribution in [3.8, 4) is 12.1 Å². The fourth-order valence-electron chi connectivity index (χ4n) is 13.5. The molecule has 10 heteroatoms. The number of hydrogen-bond acceptors (Lipinski definition) is 8. The monoisotopic (exact) mass is 1100 g/mol.